The Labute approximate surface area is 136 Å². The van der Waals surface area contributed by atoms with Gasteiger partial charge in [0.1, 0.15) is 5.69 Å². The van der Waals surface area contributed by atoms with Gasteiger partial charge in [0.25, 0.3) is 0 Å². The second-order valence-corrected chi connectivity index (χ2v) is 5.52. The zero-order valence-corrected chi connectivity index (χ0v) is 12.8. The molecule has 0 radical (unpaired) electrons. The molecule has 0 saturated carbocycles. The van der Waals surface area contributed by atoms with Crippen LogP contribution in [0.5, 0.6) is 0 Å². The quantitative estimate of drug-likeness (QED) is 0.852. The van der Waals surface area contributed by atoms with Crippen molar-refractivity contribution in [1.82, 2.24) is 9.82 Å². The van der Waals surface area contributed by atoms with Crippen molar-refractivity contribution in [3.8, 4) is 11.1 Å². The highest BCUT2D eigenvalue weighted by Gasteiger charge is 2.33. The number of nitrogens with zero attached hydrogens (tertiary/aromatic N) is 1. The highest BCUT2D eigenvalue weighted by molar-refractivity contribution is 6.13. The molecular weight excluding hydrogens is 329 g/mol. The maximum atomic E-state index is 12.9. The van der Waals surface area contributed by atoms with Gasteiger partial charge in [-0.05, 0) is 52.6 Å². The van der Waals surface area contributed by atoms with Gasteiger partial charge in [0.05, 0.1) is 12.7 Å². The van der Waals surface area contributed by atoms with Gasteiger partial charge in [-0.15, -0.1) is 0 Å². The van der Waals surface area contributed by atoms with Crippen molar-refractivity contribution in [2.45, 2.75) is 18.7 Å². The molecule has 3 nitrogen and oxygen atoms in total. The first-order chi connectivity index (χ1) is 11.0. The molecule has 3 rings (SSSR count). The molecule has 2 heterocycles. The monoisotopic (exact) mass is 342 g/mol. The fraction of sp³-hybridized carbons (Fsp3) is 0.312. The molecule has 0 spiro atoms. The second-order valence-electron chi connectivity index (χ2n) is 5.25. The first-order valence-electron chi connectivity index (χ1n) is 7.11. The number of hydrogen-bond acceptors (Lipinski definition) is 3. The van der Waals surface area contributed by atoms with Crippen LogP contribution >= 0.6 is 11.8 Å². The summed E-state index contributed by atoms with van der Waals surface area (Å²) in [6.07, 6.45) is -2.83. The lowest BCUT2D eigenvalue weighted by molar-refractivity contribution is -0.141. The number of hydrogen-bond donors (Lipinski definition) is 1. The van der Waals surface area contributed by atoms with Gasteiger partial charge in [0, 0.05) is 12.7 Å². The maximum absolute atomic E-state index is 12.9. The van der Waals surface area contributed by atoms with Crippen LogP contribution in [0.15, 0.2) is 36.5 Å². The average Bonchev–Trinajstić information content (AvgIpc) is 2.54. The van der Waals surface area contributed by atoms with E-state index in [0.29, 0.717) is 25.1 Å². The van der Waals surface area contributed by atoms with Gasteiger partial charge in [0.2, 0.25) is 0 Å². The third-order valence-corrected chi connectivity index (χ3v) is 4.01. The average molecular weight is 343 g/mol. The number of pyridine rings is 1. The van der Waals surface area contributed by atoms with Crippen LogP contribution in [0.3, 0.4) is 0 Å². The van der Waals surface area contributed by atoms with Crippen molar-refractivity contribution in [1.29, 1.82) is 0 Å². The standard InChI is InChI=1S/C16H14ClF3N2O/c17-22-9-14-13-3-1-2-11(12(13)5-7-23-14)10-4-6-21-15(8-10)16(18,19)20/h1-4,6,8,14,22H,5,7,9H2/t14-/m1/s1. The summed E-state index contributed by atoms with van der Waals surface area (Å²) < 4.78 is 44.3. The van der Waals surface area contributed by atoms with E-state index in [1.54, 1.807) is 6.07 Å². The second kappa shape index (κ2) is 6.47. The molecule has 2 aromatic rings. The summed E-state index contributed by atoms with van der Waals surface area (Å²) in [4.78, 5) is 5.97. The third-order valence-electron chi connectivity index (χ3n) is 3.85. The van der Waals surface area contributed by atoms with Gasteiger partial charge in [0.15, 0.2) is 0 Å². The number of aromatic nitrogens is 1. The first kappa shape index (κ1) is 16.2. The Bertz CT molecular complexity index is 706. The fourth-order valence-electron chi connectivity index (χ4n) is 2.84. The van der Waals surface area contributed by atoms with Gasteiger partial charge in [-0.1, -0.05) is 18.2 Å². The number of alkyl halides is 3. The Morgan fingerprint density at radius 2 is 2.13 bits per heavy atom. The highest BCUT2D eigenvalue weighted by atomic mass is 35.5. The van der Waals surface area contributed by atoms with Crippen LogP contribution in [0.2, 0.25) is 0 Å². The number of benzene rings is 1. The molecule has 0 unspecified atom stereocenters. The summed E-state index contributed by atoms with van der Waals surface area (Å²) >= 11 is 5.57. The van der Waals surface area contributed by atoms with E-state index in [9.17, 15) is 13.2 Å². The van der Waals surface area contributed by atoms with Crippen LogP contribution < -0.4 is 4.84 Å². The normalized spacial score (nSPS) is 17.8. The molecule has 122 valence electrons. The van der Waals surface area contributed by atoms with Gasteiger partial charge in [-0.2, -0.15) is 13.2 Å². The lowest BCUT2D eigenvalue weighted by Gasteiger charge is -2.27. The molecule has 1 aliphatic heterocycles. The van der Waals surface area contributed by atoms with E-state index in [2.05, 4.69) is 9.82 Å². The molecular formula is C16H14ClF3N2O. The summed E-state index contributed by atoms with van der Waals surface area (Å²) in [7, 11) is 0. The van der Waals surface area contributed by atoms with Crippen LogP contribution in [0, 0.1) is 0 Å². The lowest BCUT2D eigenvalue weighted by atomic mass is 9.89. The number of ether oxygens (including phenoxy) is 1. The van der Waals surface area contributed by atoms with E-state index < -0.39 is 11.9 Å². The zero-order valence-electron chi connectivity index (χ0n) is 12.0. The fourth-order valence-corrected chi connectivity index (χ4v) is 2.98. The van der Waals surface area contributed by atoms with Crippen LogP contribution in [-0.2, 0) is 17.3 Å². The van der Waals surface area contributed by atoms with Crippen molar-refractivity contribution in [3.05, 3.63) is 53.3 Å². The van der Waals surface area contributed by atoms with Gasteiger partial charge in [-0.25, -0.2) is 4.84 Å². The molecule has 0 saturated heterocycles. The van der Waals surface area contributed by atoms with Crippen molar-refractivity contribution in [2.75, 3.05) is 13.2 Å². The highest BCUT2D eigenvalue weighted by Crippen LogP contribution is 2.36. The molecule has 7 heteroatoms. The smallest absolute Gasteiger partial charge is 0.372 e. The molecule has 1 aromatic heterocycles. The molecule has 0 bridgehead atoms. The number of nitrogens with one attached hydrogen (secondary N) is 1. The Morgan fingerprint density at radius 3 is 2.87 bits per heavy atom. The predicted octanol–water partition coefficient (Wildman–Crippen LogP) is 4.12. The van der Waals surface area contributed by atoms with Crippen LogP contribution in [-0.4, -0.2) is 18.1 Å². The Kier molecular flexibility index (Phi) is 4.57. The minimum absolute atomic E-state index is 0.208. The summed E-state index contributed by atoms with van der Waals surface area (Å²) in [5.41, 5.74) is 2.34. The zero-order chi connectivity index (χ0) is 16.4. The summed E-state index contributed by atoms with van der Waals surface area (Å²) in [5, 5.41) is 0. The van der Waals surface area contributed by atoms with Crippen molar-refractivity contribution in [3.63, 3.8) is 0 Å². The minimum Gasteiger partial charge on any atom is -0.372 e. The molecule has 0 fully saturated rings. The molecule has 0 amide bonds. The van der Waals surface area contributed by atoms with E-state index in [0.717, 1.165) is 22.8 Å². The van der Waals surface area contributed by atoms with Crippen molar-refractivity contribution >= 4 is 11.8 Å². The molecule has 23 heavy (non-hydrogen) atoms. The molecule has 1 atom stereocenters. The first-order valence-corrected chi connectivity index (χ1v) is 7.49. The predicted molar refractivity (Wildman–Crippen MR) is 80.9 cm³/mol. The summed E-state index contributed by atoms with van der Waals surface area (Å²) in [6, 6.07) is 8.24. The summed E-state index contributed by atoms with van der Waals surface area (Å²) in [6.45, 7) is 0.937. The third kappa shape index (κ3) is 3.34. The Hall–Kier alpha value is -1.63. The number of fused-ring (bicyclic) bond motifs is 1. The van der Waals surface area contributed by atoms with E-state index in [1.165, 1.54) is 6.20 Å². The van der Waals surface area contributed by atoms with Crippen molar-refractivity contribution < 1.29 is 17.9 Å². The molecule has 1 aliphatic rings. The molecule has 0 aliphatic carbocycles. The Balaban J connectivity index is 2.06. The summed E-state index contributed by atoms with van der Waals surface area (Å²) in [5.74, 6) is 0. The number of halogens is 4. The van der Waals surface area contributed by atoms with Gasteiger partial charge < -0.3 is 4.74 Å². The molecule has 1 N–H and O–H groups in total. The van der Waals surface area contributed by atoms with Crippen LogP contribution in [0.25, 0.3) is 11.1 Å². The van der Waals surface area contributed by atoms with E-state index in [4.69, 9.17) is 16.5 Å². The van der Waals surface area contributed by atoms with E-state index in [-0.39, 0.29) is 6.10 Å². The van der Waals surface area contributed by atoms with Crippen molar-refractivity contribution in [2.24, 2.45) is 0 Å². The van der Waals surface area contributed by atoms with Crippen LogP contribution in [0.1, 0.15) is 22.9 Å². The minimum atomic E-state index is -4.46. The van der Waals surface area contributed by atoms with Crippen LogP contribution in [0.4, 0.5) is 13.2 Å². The lowest BCUT2D eigenvalue weighted by Crippen LogP contribution is -2.23. The number of rotatable bonds is 3. The topological polar surface area (TPSA) is 34.1 Å². The van der Waals surface area contributed by atoms with Gasteiger partial charge in [-0.3, -0.25) is 4.98 Å². The van der Waals surface area contributed by atoms with E-state index in [1.807, 2.05) is 18.2 Å². The van der Waals surface area contributed by atoms with Gasteiger partial charge >= 0.3 is 6.18 Å². The Morgan fingerprint density at radius 1 is 1.30 bits per heavy atom. The maximum Gasteiger partial charge on any atom is 0.433 e. The van der Waals surface area contributed by atoms with E-state index >= 15 is 0 Å². The molecule has 1 aromatic carbocycles. The SMILES string of the molecule is FC(F)(F)c1cc(-c2cccc3c2CCO[C@@H]3CNCl)ccn1. The largest absolute Gasteiger partial charge is 0.433 e.